The van der Waals surface area contributed by atoms with Crippen molar-refractivity contribution in [3.05, 3.63) is 29.8 Å². The number of nitrogens with two attached hydrogens (primary N) is 1. The number of nitrogens with one attached hydrogen (secondary N) is 2. The zero-order valence-electron chi connectivity index (χ0n) is 16.4. The molecular weight excluding hydrogens is 372 g/mol. The van der Waals surface area contributed by atoms with Crippen LogP contribution in [0.1, 0.15) is 38.2 Å². The van der Waals surface area contributed by atoms with Crippen LogP contribution in [0.3, 0.4) is 0 Å². The number of piperidine rings is 1. The summed E-state index contributed by atoms with van der Waals surface area (Å²) >= 11 is 0. The number of carbonyl (C=O) groups is 3. The maximum atomic E-state index is 12.9. The summed E-state index contributed by atoms with van der Waals surface area (Å²) in [5.74, 6) is 0.876. The van der Waals surface area contributed by atoms with E-state index < -0.39 is 17.9 Å². The molecule has 1 unspecified atom stereocenters. The monoisotopic (exact) mass is 398 g/mol. The van der Waals surface area contributed by atoms with E-state index in [2.05, 4.69) is 11.2 Å². The number of nitrogen functional groups attached to an aromatic ring is 1. The van der Waals surface area contributed by atoms with Gasteiger partial charge in [0.15, 0.2) is 0 Å². The second-order valence-electron chi connectivity index (χ2n) is 6.79. The number of carbonyl (C=O) groups excluding carboxylic acids is 3. The molecule has 2 rings (SSSR count). The largest absolute Gasteiger partial charge is 0.466 e. The molecule has 2 atom stereocenters. The third-order valence-corrected chi connectivity index (χ3v) is 4.68. The molecule has 154 valence electrons. The van der Waals surface area contributed by atoms with Gasteiger partial charge in [-0.05, 0) is 44.0 Å². The lowest BCUT2D eigenvalue weighted by Gasteiger charge is -2.32. The number of benzene rings is 1. The van der Waals surface area contributed by atoms with Gasteiger partial charge in [-0.15, -0.1) is 6.42 Å². The molecule has 29 heavy (non-hydrogen) atoms. The predicted molar refractivity (Wildman–Crippen MR) is 109 cm³/mol. The average molecular weight is 398 g/mol. The van der Waals surface area contributed by atoms with Crippen molar-refractivity contribution in [3.8, 4) is 12.3 Å². The Morgan fingerprint density at radius 2 is 2.10 bits per heavy atom. The lowest BCUT2D eigenvalue weighted by molar-refractivity contribution is -0.143. The van der Waals surface area contributed by atoms with Crippen LogP contribution in [-0.4, -0.2) is 42.8 Å². The Hall–Kier alpha value is -3.34. The van der Waals surface area contributed by atoms with E-state index in [1.165, 1.54) is 0 Å². The van der Waals surface area contributed by atoms with Gasteiger partial charge in [-0.25, -0.2) is 0 Å². The molecule has 8 nitrogen and oxygen atoms in total. The first-order chi connectivity index (χ1) is 13.8. The topological polar surface area (TPSA) is 126 Å². The molecular formula is C21H26N4O4. The summed E-state index contributed by atoms with van der Waals surface area (Å²) in [4.78, 5) is 38.4. The Bertz CT molecular complexity index is 813. The number of nitrogens with zero attached hydrogens (tertiary/aromatic N) is 1. The van der Waals surface area contributed by atoms with E-state index in [1.54, 1.807) is 36.1 Å². The van der Waals surface area contributed by atoms with Crippen molar-refractivity contribution >= 4 is 29.3 Å². The molecule has 2 amide bonds. The van der Waals surface area contributed by atoms with Gasteiger partial charge in [-0.1, -0.05) is 5.92 Å². The molecule has 0 spiro atoms. The maximum Gasteiger partial charge on any atom is 0.308 e. The average Bonchev–Trinajstić information content (AvgIpc) is 2.69. The Morgan fingerprint density at radius 3 is 2.69 bits per heavy atom. The van der Waals surface area contributed by atoms with Crippen LogP contribution in [-0.2, 0) is 19.1 Å². The molecule has 1 aliphatic heterocycles. The van der Waals surface area contributed by atoms with Gasteiger partial charge in [0.05, 0.1) is 13.0 Å². The fourth-order valence-corrected chi connectivity index (χ4v) is 3.23. The van der Waals surface area contributed by atoms with Gasteiger partial charge in [0.1, 0.15) is 11.9 Å². The minimum atomic E-state index is -0.768. The molecule has 1 saturated heterocycles. The third kappa shape index (κ3) is 6.07. The molecule has 0 saturated carbocycles. The third-order valence-electron chi connectivity index (χ3n) is 4.68. The summed E-state index contributed by atoms with van der Waals surface area (Å²) in [6.07, 6.45) is 6.65. The van der Waals surface area contributed by atoms with Crippen LogP contribution in [0, 0.1) is 23.7 Å². The zero-order valence-corrected chi connectivity index (χ0v) is 16.4. The predicted octanol–water partition coefficient (Wildman–Crippen LogP) is 1.17. The number of anilines is 1. The smallest absolute Gasteiger partial charge is 0.308 e. The zero-order chi connectivity index (χ0) is 21.4. The number of amidine groups is 1. The number of amides is 2. The summed E-state index contributed by atoms with van der Waals surface area (Å²) in [6.45, 7) is 2.49. The Labute approximate surface area is 170 Å². The number of ether oxygens (including phenoxy) is 1. The molecule has 8 heteroatoms. The Kier molecular flexibility index (Phi) is 7.78. The number of hydrogen-bond acceptors (Lipinski definition) is 5. The van der Waals surface area contributed by atoms with Gasteiger partial charge < -0.3 is 20.7 Å². The van der Waals surface area contributed by atoms with Gasteiger partial charge in [0.2, 0.25) is 11.8 Å². The number of rotatable bonds is 8. The van der Waals surface area contributed by atoms with E-state index in [9.17, 15) is 14.4 Å². The van der Waals surface area contributed by atoms with Crippen molar-refractivity contribution in [2.75, 3.05) is 18.1 Å². The Morgan fingerprint density at radius 1 is 1.41 bits per heavy atom. The van der Waals surface area contributed by atoms with Crippen molar-refractivity contribution in [1.82, 2.24) is 5.32 Å². The van der Waals surface area contributed by atoms with Crippen molar-refractivity contribution in [2.45, 2.75) is 38.6 Å². The van der Waals surface area contributed by atoms with Crippen LogP contribution >= 0.6 is 0 Å². The van der Waals surface area contributed by atoms with Crippen molar-refractivity contribution in [3.63, 3.8) is 0 Å². The number of terminal acetylenes is 1. The second kappa shape index (κ2) is 10.3. The maximum absolute atomic E-state index is 12.9. The SMILES string of the molecule is C#CC(CC(=O)OCC)NC(=O)C[C@@H]1CCCN(c2ccc(C(=N)N)cc2)C1=O. The first kappa shape index (κ1) is 22.0. The quantitative estimate of drug-likeness (QED) is 0.262. The van der Waals surface area contributed by atoms with Gasteiger partial charge in [-0.2, -0.15) is 0 Å². The lowest BCUT2D eigenvalue weighted by atomic mass is 9.92. The molecule has 1 heterocycles. The van der Waals surface area contributed by atoms with Crippen molar-refractivity contribution < 1.29 is 19.1 Å². The lowest BCUT2D eigenvalue weighted by Crippen LogP contribution is -2.44. The summed E-state index contributed by atoms with van der Waals surface area (Å²) in [6, 6.07) is 6.09. The minimum Gasteiger partial charge on any atom is -0.466 e. The van der Waals surface area contributed by atoms with E-state index in [0.717, 1.165) is 6.42 Å². The van der Waals surface area contributed by atoms with Crippen molar-refractivity contribution in [1.29, 1.82) is 5.41 Å². The highest BCUT2D eigenvalue weighted by Crippen LogP contribution is 2.26. The van der Waals surface area contributed by atoms with Crippen LogP contribution < -0.4 is 16.0 Å². The highest BCUT2D eigenvalue weighted by atomic mass is 16.5. The standard InChI is InChI=1S/C21H26N4O4/c1-3-16(13-19(27)29-4-2)24-18(26)12-15-6-5-11-25(21(15)28)17-9-7-14(8-10-17)20(22)23/h1,7-10,15-16H,4-6,11-13H2,2H3,(H3,22,23)(H,24,26)/t15-,16?/m0/s1. The number of hydrogen-bond donors (Lipinski definition) is 3. The van der Waals surface area contributed by atoms with Gasteiger partial charge in [0, 0.05) is 30.1 Å². The molecule has 0 aromatic heterocycles. The summed E-state index contributed by atoms with van der Waals surface area (Å²) in [5.41, 5.74) is 6.74. The van der Waals surface area contributed by atoms with E-state index in [0.29, 0.717) is 24.2 Å². The Balaban J connectivity index is 1.97. The fraction of sp³-hybridized carbons (Fsp3) is 0.429. The van der Waals surface area contributed by atoms with Gasteiger partial charge in [0.25, 0.3) is 0 Å². The summed E-state index contributed by atoms with van der Waals surface area (Å²) in [5, 5.41) is 10.1. The van der Waals surface area contributed by atoms with Crippen molar-refractivity contribution in [2.24, 2.45) is 11.7 Å². The molecule has 0 aliphatic carbocycles. The summed E-state index contributed by atoms with van der Waals surface area (Å²) < 4.78 is 4.84. The first-order valence-electron chi connectivity index (χ1n) is 9.52. The van der Waals surface area contributed by atoms with Gasteiger partial charge in [-0.3, -0.25) is 19.8 Å². The highest BCUT2D eigenvalue weighted by Gasteiger charge is 2.31. The molecule has 1 aromatic rings. The van der Waals surface area contributed by atoms with Crippen LogP contribution in [0.25, 0.3) is 0 Å². The molecule has 0 bridgehead atoms. The summed E-state index contributed by atoms with van der Waals surface area (Å²) in [7, 11) is 0. The molecule has 1 fully saturated rings. The van der Waals surface area contributed by atoms with Crippen LogP contribution in [0.4, 0.5) is 5.69 Å². The fourth-order valence-electron chi connectivity index (χ4n) is 3.23. The first-order valence-corrected chi connectivity index (χ1v) is 9.52. The molecule has 1 aliphatic rings. The van der Waals surface area contributed by atoms with E-state index in [4.69, 9.17) is 22.3 Å². The van der Waals surface area contributed by atoms with E-state index >= 15 is 0 Å². The van der Waals surface area contributed by atoms with Crippen LogP contribution in [0.15, 0.2) is 24.3 Å². The molecule has 0 radical (unpaired) electrons. The highest BCUT2D eigenvalue weighted by molar-refractivity contribution is 5.99. The molecule has 1 aromatic carbocycles. The van der Waals surface area contributed by atoms with Gasteiger partial charge >= 0.3 is 5.97 Å². The van der Waals surface area contributed by atoms with Crippen LogP contribution in [0.5, 0.6) is 0 Å². The molecule has 4 N–H and O–H groups in total. The van der Waals surface area contributed by atoms with Crippen LogP contribution in [0.2, 0.25) is 0 Å². The normalized spacial score (nSPS) is 17.2. The minimum absolute atomic E-state index is 0.00185. The van der Waals surface area contributed by atoms with E-state index in [-0.39, 0.29) is 37.1 Å². The van der Waals surface area contributed by atoms with E-state index in [1.807, 2.05) is 0 Å². The second-order valence-corrected chi connectivity index (χ2v) is 6.79. The number of esters is 1.